The summed E-state index contributed by atoms with van der Waals surface area (Å²) in [5, 5.41) is 8.94. The van der Waals surface area contributed by atoms with Crippen LogP contribution in [0.15, 0.2) is 28.7 Å². The Bertz CT molecular complexity index is 349. The minimum absolute atomic E-state index is 0.0681. The molecule has 0 radical (unpaired) electrons. The predicted molar refractivity (Wildman–Crippen MR) is 61.0 cm³/mol. The molecule has 0 fully saturated rings. The maximum Gasteiger partial charge on any atom is 0.345 e. The molecule has 1 aromatic carbocycles. The molecule has 0 spiro atoms. The zero-order valence-electron chi connectivity index (χ0n) is 8.61. The molecular weight excluding hydrogens is 260 g/mol. The average Bonchev–Trinajstić information content (AvgIpc) is 2.13. The van der Waals surface area contributed by atoms with Crippen LogP contribution >= 0.6 is 15.9 Å². The molecular formula is C11H13BrO3. The van der Waals surface area contributed by atoms with Crippen molar-refractivity contribution in [3.05, 3.63) is 28.7 Å². The highest BCUT2D eigenvalue weighted by molar-refractivity contribution is 9.10. The zero-order chi connectivity index (χ0) is 11.4. The van der Waals surface area contributed by atoms with Gasteiger partial charge >= 0.3 is 5.97 Å². The first-order valence-electron chi connectivity index (χ1n) is 4.65. The first-order chi connectivity index (χ1) is 7.00. The van der Waals surface area contributed by atoms with Crippen molar-refractivity contribution in [2.45, 2.75) is 20.0 Å². The number of carbonyl (C=O) groups is 1. The van der Waals surface area contributed by atoms with Crippen LogP contribution in [0.2, 0.25) is 0 Å². The molecule has 0 bridgehead atoms. The van der Waals surface area contributed by atoms with Crippen LogP contribution in [0.1, 0.15) is 13.8 Å². The van der Waals surface area contributed by atoms with Crippen LogP contribution in [0.5, 0.6) is 5.75 Å². The van der Waals surface area contributed by atoms with E-state index in [0.717, 1.165) is 4.47 Å². The van der Waals surface area contributed by atoms with Crippen molar-refractivity contribution in [1.82, 2.24) is 0 Å². The second kappa shape index (κ2) is 5.16. The van der Waals surface area contributed by atoms with Crippen molar-refractivity contribution in [2.24, 2.45) is 5.92 Å². The number of rotatable bonds is 4. The molecule has 0 amide bonds. The van der Waals surface area contributed by atoms with Crippen LogP contribution in [0, 0.1) is 5.92 Å². The van der Waals surface area contributed by atoms with Crippen molar-refractivity contribution < 1.29 is 14.6 Å². The minimum Gasteiger partial charge on any atom is -0.478 e. The van der Waals surface area contributed by atoms with E-state index in [1.54, 1.807) is 18.2 Å². The lowest BCUT2D eigenvalue weighted by Gasteiger charge is -2.18. The van der Waals surface area contributed by atoms with Gasteiger partial charge in [-0.1, -0.05) is 35.8 Å². The summed E-state index contributed by atoms with van der Waals surface area (Å²) in [6, 6.07) is 7.15. The third kappa shape index (κ3) is 3.55. The second-order valence-electron chi connectivity index (χ2n) is 3.58. The maximum atomic E-state index is 10.9. The van der Waals surface area contributed by atoms with E-state index in [1.807, 2.05) is 19.9 Å². The van der Waals surface area contributed by atoms with Crippen molar-refractivity contribution in [1.29, 1.82) is 0 Å². The smallest absolute Gasteiger partial charge is 0.345 e. The topological polar surface area (TPSA) is 46.5 Å². The minimum atomic E-state index is -0.940. The van der Waals surface area contributed by atoms with E-state index in [0.29, 0.717) is 5.75 Å². The first-order valence-corrected chi connectivity index (χ1v) is 5.45. The highest BCUT2D eigenvalue weighted by atomic mass is 79.9. The Morgan fingerprint density at radius 3 is 2.60 bits per heavy atom. The fourth-order valence-corrected chi connectivity index (χ4v) is 1.54. The molecule has 15 heavy (non-hydrogen) atoms. The second-order valence-corrected chi connectivity index (χ2v) is 4.49. The van der Waals surface area contributed by atoms with E-state index in [-0.39, 0.29) is 5.92 Å². The van der Waals surface area contributed by atoms with E-state index in [4.69, 9.17) is 9.84 Å². The summed E-state index contributed by atoms with van der Waals surface area (Å²) in [4.78, 5) is 10.9. The van der Waals surface area contributed by atoms with Gasteiger partial charge in [-0.05, 0) is 18.2 Å². The average molecular weight is 273 g/mol. The third-order valence-corrected chi connectivity index (χ3v) is 2.40. The van der Waals surface area contributed by atoms with Crippen LogP contribution in [-0.4, -0.2) is 17.2 Å². The number of ether oxygens (including phenoxy) is 1. The largest absolute Gasteiger partial charge is 0.478 e. The number of hydrogen-bond acceptors (Lipinski definition) is 2. The Balaban J connectivity index is 2.79. The summed E-state index contributed by atoms with van der Waals surface area (Å²) < 4.78 is 6.26. The molecule has 0 aliphatic rings. The zero-order valence-corrected chi connectivity index (χ0v) is 10.2. The molecule has 1 atom stereocenters. The summed E-state index contributed by atoms with van der Waals surface area (Å²) in [7, 11) is 0. The lowest BCUT2D eigenvalue weighted by atomic mass is 10.1. The number of hydrogen-bond donors (Lipinski definition) is 1. The Morgan fingerprint density at radius 2 is 2.13 bits per heavy atom. The molecule has 0 saturated heterocycles. The lowest BCUT2D eigenvalue weighted by Crippen LogP contribution is -2.32. The number of aliphatic carboxylic acids is 1. The SMILES string of the molecule is CC(C)[C@@H](Oc1cccc(Br)c1)C(=O)O. The molecule has 0 heterocycles. The van der Waals surface area contributed by atoms with Gasteiger partial charge in [-0.15, -0.1) is 0 Å². The van der Waals surface area contributed by atoms with Gasteiger partial charge in [0, 0.05) is 10.4 Å². The summed E-state index contributed by atoms with van der Waals surface area (Å²) in [6.45, 7) is 3.63. The van der Waals surface area contributed by atoms with Gasteiger partial charge in [0.1, 0.15) is 5.75 Å². The van der Waals surface area contributed by atoms with E-state index in [9.17, 15) is 4.79 Å². The third-order valence-electron chi connectivity index (χ3n) is 1.91. The lowest BCUT2D eigenvalue weighted by molar-refractivity contribution is -0.147. The molecule has 0 aliphatic carbocycles. The van der Waals surface area contributed by atoms with Gasteiger partial charge < -0.3 is 9.84 Å². The van der Waals surface area contributed by atoms with E-state index < -0.39 is 12.1 Å². The highest BCUT2D eigenvalue weighted by Crippen LogP contribution is 2.20. The standard InChI is InChI=1S/C11H13BrO3/c1-7(2)10(11(13)14)15-9-5-3-4-8(12)6-9/h3-7,10H,1-2H3,(H,13,14)/t10-/m1/s1. The number of carboxylic acids is 1. The van der Waals surface area contributed by atoms with E-state index >= 15 is 0 Å². The van der Waals surface area contributed by atoms with Crippen LogP contribution in [-0.2, 0) is 4.79 Å². The Kier molecular flexibility index (Phi) is 4.15. The molecule has 82 valence electrons. The number of benzene rings is 1. The van der Waals surface area contributed by atoms with Crippen LogP contribution < -0.4 is 4.74 Å². The van der Waals surface area contributed by atoms with Gasteiger partial charge in [0.05, 0.1) is 0 Å². The highest BCUT2D eigenvalue weighted by Gasteiger charge is 2.23. The van der Waals surface area contributed by atoms with Gasteiger partial charge in [-0.2, -0.15) is 0 Å². The Labute approximate surface area is 97.2 Å². The summed E-state index contributed by atoms with van der Waals surface area (Å²) in [6.07, 6.45) is -0.806. The normalized spacial score (nSPS) is 12.5. The fraction of sp³-hybridized carbons (Fsp3) is 0.364. The van der Waals surface area contributed by atoms with Crippen molar-refractivity contribution in [3.63, 3.8) is 0 Å². The van der Waals surface area contributed by atoms with Gasteiger partial charge in [0.25, 0.3) is 0 Å². The molecule has 0 aromatic heterocycles. The molecule has 0 saturated carbocycles. The molecule has 3 nitrogen and oxygen atoms in total. The summed E-state index contributed by atoms with van der Waals surface area (Å²) in [5.41, 5.74) is 0. The van der Waals surface area contributed by atoms with E-state index in [1.165, 1.54) is 0 Å². The molecule has 4 heteroatoms. The van der Waals surface area contributed by atoms with Gasteiger partial charge in [-0.3, -0.25) is 0 Å². The maximum absolute atomic E-state index is 10.9. The fourth-order valence-electron chi connectivity index (χ4n) is 1.16. The quantitative estimate of drug-likeness (QED) is 0.917. The van der Waals surface area contributed by atoms with Gasteiger partial charge in [0.15, 0.2) is 6.10 Å². The van der Waals surface area contributed by atoms with Crippen LogP contribution in [0.4, 0.5) is 0 Å². The van der Waals surface area contributed by atoms with Crippen molar-refractivity contribution in [3.8, 4) is 5.75 Å². The molecule has 1 N–H and O–H groups in total. The number of carboxylic acid groups (broad SMARTS) is 1. The molecule has 0 aliphatic heterocycles. The number of halogens is 1. The Morgan fingerprint density at radius 1 is 1.47 bits per heavy atom. The van der Waals surface area contributed by atoms with E-state index in [2.05, 4.69) is 15.9 Å². The molecule has 1 aromatic rings. The van der Waals surface area contributed by atoms with Crippen molar-refractivity contribution in [2.75, 3.05) is 0 Å². The predicted octanol–water partition coefficient (Wildman–Crippen LogP) is 2.94. The first kappa shape index (κ1) is 12.0. The summed E-state index contributed by atoms with van der Waals surface area (Å²) >= 11 is 3.30. The Hall–Kier alpha value is -1.03. The van der Waals surface area contributed by atoms with Crippen molar-refractivity contribution >= 4 is 21.9 Å². The van der Waals surface area contributed by atoms with Crippen LogP contribution in [0.25, 0.3) is 0 Å². The monoisotopic (exact) mass is 272 g/mol. The van der Waals surface area contributed by atoms with Gasteiger partial charge in [-0.25, -0.2) is 4.79 Å². The van der Waals surface area contributed by atoms with Crippen LogP contribution in [0.3, 0.4) is 0 Å². The summed E-state index contributed by atoms with van der Waals surface area (Å²) in [5.74, 6) is -0.447. The molecule has 0 unspecified atom stereocenters. The molecule has 1 rings (SSSR count). The van der Waals surface area contributed by atoms with Gasteiger partial charge in [0.2, 0.25) is 0 Å².